The Kier molecular flexibility index (Phi) is 4.39. The summed E-state index contributed by atoms with van der Waals surface area (Å²) in [6.45, 7) is 0.544. The molecule has 15 heavy (non-hydrogen) atoms. The fourth-order valence-corrected chi connectivity index (χ4v) is 1.57. The minimum Gasteiger partial charge on any atom is -0.496 e. The van der Waals surface area contributed by atoms with Gasteiger partial charge in [0.15, 0.2) is 0 Å². The Morgan fingerprint density at radius 2 is 1.73 bits per heavy atom. The highest BCUT2D eigenvalue weighted by atomic mass is 16.5. The second-order valence-corrected chi connectivity index (χ2v) is 3.26. The van der Waals surface area contributed by atoms with Crippen LogP contribution in [-0.4, -0.2) is 20.8 Å². The van der Waals surface area contributed by atoms with Crippen molar-refractivity contribution in [2.75, 3.05) is 20.8 Å². The van der Waals surface area contributed by atoms with Crippen molar-refractivity contribution in [1.82, 2.24) is 0 Å². The van der Waals surface area contributed by atoms with Crippen molar-refractivity contribution in [2.45, 2.75) is 12.5 Å². The first-order chi connectivity index (χ1) is 7.24. The molecule has 1 aromatic rings. The molecule has 4 N–H and O–H groups in total. The number of hydrogen-bond acceptors (Lipinski definition) is 4. The molecule has 0 heterocycles. The Labute approximate surface area is 90.2 Å². The van der Waals surface area contributed by atoms with Gasteiger partial charge in [-0.15, -0.1) is 0 Å². The summed E-state index contributed by atoms with van der Waals surface area (Å²) in [6, 6.07) is 5.46. The minimum atomic E-state index is -0.152. The highest BCUT2D eigenvalue weighted by molar-refractivity contribution is 5.46. The van der Waals surface area contributed by atoms with Crippen LogP contribution in [0.1, 0.15) is 18.0 Å². The van der Waals surface area contributed by atoms with Crippen LogP contribution in [0, 0.1) is 0 Å². The van der Waals surface area contributed by atoms with Crippen LogP contribution in [0.15, 0.2) is 18.2 Å². The molecule has 0 aliphatic carbocycles. The van der Waals surface area contributed by atoms with Crippen LogP contribution >= 0.6 is 0 Å². The molecule has 0 unspecified atom stereocenters. The summed E-state index contributed by atoms with van der Waals surface area (Å²) in [5.41, 5.74) is 12.4. The first-order valence-corrected chi connectivity index (χ1v) is 4.91. The Morgan fingerprint density at radius 1 is 1.20 bits per heavy atom. The Balaban J connectivity index is 3.09. The molecule has 0 radical (unpaired) electrons. The quantitative estimate of drug-likeness (QED) is 0.762. The molecule has 1 atom stereocenters. The summed E-state index contributed by atoms with van der Waals surface area (Å²) in [5, 5.41) is 0. The lowest BCUT2D eigenvalue weighted by atomic mass is 10.0. The number of nitrogens with two attached hydrogens (primary N) is 2. The highest BCUT2D eigenvalue weighted by Crippen LogP contribution is 2.33. The van der Waals surface area contributed by atoms with E-state index in [9.17, 15) is 0 Å². The van der Waals surface area contributed by atoms with Gasteiger partial charge in [-0.2, -0.15) is 0 Å². The molecule has 0 aromatic heterocycles. The number of rotatable bonds is 5. The zero-order chi connectivity index (χ0) is 11.3. The van der Waals surface area contributed by atoms with Crippen LogP contribution in [0.3, 0.4) is 0 Å². The first kappa shape index (κ1) is 11.8. The van der Waals surface area contributed by atoms with Gasteiger partial charge in [-0.05, 0) is 25.1 Å². The minimum absolute atomic E-state index is 0.152. The van der Waals surface area contributed by atoms with Crippen LogP contribution < -0.4 is 20.9 Å². The SMILES string of the molecule is COc1cccc(OC)c1[C@H](N)CCN. The zero-order valence-corrected chi connectivity index (χ0v) is 9.19. The first-order valence-electron chi connectivity index (χ1n) is 4.91. The maximum absolute atomic E-state index is 6.02. The average Bonchev–Trinajstić information content (AvgIpc) is 2.28. The molecular weight excluding hydrogens is 192 g/mol. The molecule has 0 aliphatic heterocycles. The van der Waals surface area contributed by atoms with E-state index in [1.54, 1.807) is 14.2 Å². The van der Waals surface area contributed by atoms with Crippen molar-refractivity contribution in [2.24, 2.45) is 11.5 Å². The topological polar surface area (TPSA) is 70.5 Å². The fourth-order valence-electron chi connectivity index (χ4n) is 1.57. The molecule has 0 saturated heterocycles. The van der Waals surface area contributed by atoms with E-state index in [2.05, 4.69) is 0 Å². The Bertz CT molecular complexity index is 293. The summed E-state index contributed by atoms with van der Waals surface area (Å²) in [4.78, 5) is 0. The lowest BCUT2D eigenvalue weighted by molar-refractivity contribution is 0.377. The lowest BCUT2D eigenvalue weighted by Gasteiger charge is -2.18. The third-order valence-corrected chi connectivity index (χ3v) is 2.31. The number of hydrogen-bond donors (Lipinski definition) is 2. The van der Waals surface area contributed by atoms with Crippen molar-refractivity contribution in [3.05, 3.63) is 23.8 Å². The van der Waals surface area contributed by atoms with Gasteiger partial charge in [0.25, 0.3) is 0 Å². The third-order valence-electron chi connectivity index (χ3n) is 2.31. The predicted octanol–water partition coefficient (Wildman–Crippen LogP) is 1.05. The molecule has 0 saturated carbocycles. The number of methoxy groups -OCH3 is 2. The summed E-state index contributed by atoms with van der Waals surface area (Å²) >= 11 is 0. The van der Waals surface area contributed by atoms with Gasteiger partial charge >= 0.3 is 0 Å². The third kappa shape index (κ3) is 2.61. The van der Waals surface area contributed by atoms with E-state index in [-0.39, 0.29) is 6.04 Å². The molecule has 84 valence electrons. The highest BCUT2D eigenvalue weighted by Gasteiger charge is 2.16. The monoisotopic (exact) mass is 210 g/mol. The lowest BCUT2D eigenvalue weighted by Crippen LogP contribution is -2.17. The molecule has 0 fully saturated rings. The van der Waals surface area contributed by atoms with Gasteiger partial charge in [0.1, 0.15) is 11.5 Å². The van der Waals surface area contributed by atoms with E-state index in [4.69, 9.17) is 20.9 Å². The van der Waals surface area contributed by atoms with E-state index in [1.165, 1.54) is 0 Å². The summed E-state index contributed by atoms with van der Waals surface area (Å²) in [6.07, 6.45) is 0.705. The van der Waals surface area contributed by atoms with Gasteiger partial charge < -0.3 is 20.9 Å². The molecule has 4 heteroatoms. The van der Waals surface area contributed by atoms with Gasteiger partial charge in [0.05, 0.1) is 19.8 Å². The zero-order valence-electron chi connectivity index (χ0n) is 9.19. The van der Waals surface area contributed by atoms with Crippen molar-refractivity contribution in [1.29, 1.82) is 0 Å². The Morgan fingerprint density at radius 3 is 2.13 bits per heavy atom. The molecule has 1 rings (SSSR count). The fraction of sp³-hybridized carbons (Fsp3) is 0.455. The Hall–Kier alpha value is -1.26. The molecule has 0 aliphatic rings. The van der Waals surface area contributed by atoms with Crippen molar-refractivity contribution in [3.8, 4) is 11.5 Å². The van der Waals surface area contributed by atoms with Gasteiger partial charge in [-0.1, -0.05) is 6.07 Å². The molecule has 0 spiro atoms. The smallest absolute Gasteiger partial charge is 0.127 e. The number of benzene rings is 1. The van der Waals surface area contributed by atoms with Gasteiger partial charge in [-0.3, -0.25) is 0 Å². The second-order valence-electron chi connectivity index (χ2n) is 3.26. The van der Waals surface area contributed by atoms with Crippen molar-refractivity contribution >= 4 is 0 Å². The van der Waals surface area contributed by atoms with Crippen molar-refractivity contribution in [3.63, 3.8) is 0 Å². The summed E-state index contributed by atoms with van der Waals surface area (Å²) in [7, 11) is 3.24. The normalized spacial score (nSPS) is 12.3. The summed E-state index contributed by atoms with van der Waals surface area (Å²) in [5.74, 6) is 1.49. The predicted molar refractivity (Wildman–Crippen MR) is 60.1 cm³/mol. The van der Waals surface area contributed by atoms with E-state index in [0.29, 0.717) is 13.0 Å². The molecule has 0 amide bonds. The standard InChI is InChI=1S/C11H18N2O2/c1-14-9-4-3-5-10(15-2)11(9)8(13)6-7-12/h3-5,8H,6-7,12-13H2,1-2H3/t8-/m1/s1. The molecule has 1 aromatic carbocycles. The summed E-state index contributed by atoms with van der Waals surface area (Å²) < 4.78 is 10.5. The van der Waals surface area contributed by atoms with Gasteiger partial charge in [0, 0.05) is 6.04 Å². The van der Waals surface area contributed by atoms with E-state index >= 15 is 0 Å². The van der Waals surface area contributed by atoms with Crippen LogP contribution in [0.5, 0.6) is 11.5 Å². The largest absolute Gasteiger partial charge is 0.496 e. The van der Waals surface area contributed by atoms with Crippen molar-refractivity contribution < 1.29 is 9.47 Å². The van der Waals surface area contributed by atoms with E-state index in [1.807, 2.05) is 18.2 Å². The van der Waals surface area contributed by atoms with Crippen LogP contribution in [0.2, 0.25) is 0 Å². The molecular formula is C11H18N2O2. The van der Waals surface area contributed by atoms with Gasteiger partial charge in [-0.25, -0.2) is 0 Å². The second kappa shape index (κ2) is 5.58. The van der Waals surface area contributed by atoms with Crippen LogP contribution in [0.25, 0.3) is 0 Å². The maximum Gasteiger partial charge on any atom is 0.127 e. The van der Waals surface area contributed by atoms with Gasteiger partial charge in [0.2, 0.25) is 0 Å². The van der Waals surface area contributed by atoms with Crippen LogP contribution in [0.4, 0.5) is 0 Å². The average molecular weight is 210 g/mol. The van der Waals surface area contributed by atoms with E-state index in [0.717, 1.165) is 17.1 Å². The van der Waals surface area contributed by atoms with E-state index < -0.39 is 0 Å². The maximum atomic E-state index is 6.02. The molecule has 4 nitrogen and oxygen atoms in total. The number of ether oxygens (including phenoxy) is 2. The van der Waals surface area contributed by atoms with Crippen LogP contribution in [-0.2, 0) is 0 Å². The molecule has 0 bridgehead atoms.